The number of hydrogen-bond donors (Lipinski definition) is 2. The van der Waals surface area contributed by atoms with Crippen molar-refractivity contribution in [3.05, 3.63) is 29.8 Å². The maximum atomic E-state index is 11.8. The second kappa shape index (κ2) is 6.26. The molecule has 1 amide bonds. The number of hydrogen-bond acceptors (Lipinski definition) is 5. The van der Waals surface area contributed by atoms with E-state index in [1.54, 1.807) is 19.1 Å². The maximum absolute atomic E-state index is 11.8. The van der Waals surface area contributed by atoms with Crippen LogP contribution in [-0.4, -0.2) is 31.5 Å². The number of nitrogens with two attached hydrogens (primary N) is 1. The standard InChI is InChI=1S/C14H19N3O3S/c1-10(12-3-2-4-13(15)8-12)16-17-14(18)7-11-5-6-21(19,20)9-11/h2-4,8,11H,5-7,9,15H2,1H3,(H,17,18)/b16-10-/t11-/m0/s1. The molecular weight excluding hydrogens is 290 g/mol. The lowest BCUT2D eigenvalue weighted by molar-refractivity contribution is -0.121. The Morgan fingerprint density at radius 3 is 2.86 bits per heavy atom. The van der Waals surface area contributed by atoms with E-state index in [2.05, 4.69) is 10.5 Å². The van der Waals surface area contributed by atoms with Gasteiger partial charge in [-0.3, -0.25) is 4.79 Å². The van der Waals surface area contributed by atoms with Crippen LogP contribution in [-0.2, 0) is 14.6 Å². The van der Waals surface area contributed by atoms with Crippen LogP contribution >= 0.6 is 0 Å². The summed E-state index contributed by atoms with van der Waals surface area (Å²) in [6.45, 7) is 1.77. The first-order valence-corrected chi connectivity index (χ1v) is 8.57. The van der Waals surface area contributed by atoms with Gasteiger partial charge in [0.15, 0.2) is 9.84 Å². The molecule has 1 fully saturated rings. The van der Waals surface area contributed by atoms with Crippen molar-refractivity contribution in [2.45, 2.75) is 19.8 Å². The largest absolute Gasteiger partial charge is 0.399 e. The van der Waals surface area contributed by atoms with E-state index in [9.17, 15) is 13.2 Å². The Bertz CT molecular complexity index is 668. The van der Waals surface area contributed by atoms with Gasteiger partial charge in [-0.15, -0.1) is 0 Å². The molecule has 0 spiro atoms. The highest BCUT2D eigenvalue weighted by Gasteiger charge is 2.29. The van der Waals surface area contributed by atoms with Crippen molar-refractivity contribution in [1.29, 1.82) is 0 Å². The summed E-state index contributed by atoms with van der Waals surface area (Å²) in [4.78, 5) is 11.8. The van der Waals surface area contributed by atoms with Crippen LogP contribution in [0.4, 0.5) is 5.69 Å². The molecule has 1 heterocycles. The van der Waals surface area contributed by atoms with Gasteiger partial charge in [0.1, 0.15) is 0 Å². The van der Waals surface area contributed by atoms with Gasteiger partial charge < -0.3 is 5.73 Å². The molecule has 2 rings (SSSR count). The lowest BCUT2D eigenvalue weighted by atomic mass is 10.1. The van der Waals surface area contributed by atoms with Crippen molar-refractivity contribution in [2.24, 2.45) is 11.0 Å². The Balaban J connectivity index is 1.90. The van der Waals surface area contributed by atoms with E-state index in [1.165, 1.54) is 0 Å². The molecular formula is C14H19N3O3S. The van der Waals surface area contributed by atoms with Crippen LogP contribution in [0.2, 0.25) is 0 Å². The fourth-order valence-electron chi connectivity index (χ4n) is 2.32. The smallest absolute Gasteiger partial charge is 0.240 e. The number of nitrogen functional groups attached to an aromatic ring is 1. The van der Waals surface area contributed by atoms with Crippen LogP contribution in [0.5, 0.6) is 0 Å². The van der Waals surface area contributed by atoms with E-state index >= 15 is 0 Å². The molecule has 1 atom stereocenters. The Morgan fingerprint density at radius 1 is 1.48 bits per heavy atom. The minimum Gasteiger partial charge on any atom is -0.399 e. The van der Waals surface area contributed by atoms with E-state index in [0.717, 1.165) is 5.56 Å². The number of anilines is 1. The summed E-state index contributed by atoms with van der Waals surface area (Å²) < 4.78 is 22.7. The lowest BCUT2D eigenvalue weighted by Gasteiger charge is -2.07. The van der Waals surface area contributed by atoms with Crippen LogP contribution < -0.4 is 11.2 Å². The zero-order chi connectivity index (χ0) is 15.5. The summed E-state index contributed by atoms with van der Waals surface area (Å²) in [6, 6.07) is 7.21. The molecule has 0 unspecified atom stereocenters. The van der Waals surface area contributed by atoms with Gasteiger partial charge in [-0.1, -0.05) is 12.1 Å². The summed E-state index contributed by atoms with van der Waals surface area (Å²) in [7, 11) is -2.95. The zero-order valence-corrected chi connectivity index (χ0v) is 12.7. The molecule has 0 aliphatic carbocycles. The molecule has 7 heteroatoms. The van der Waals surface area contributed by atoms with Crippen molar-refractivity contribution in [1.82, 2.24) is 5.43 Å². The van der Waals surface area contributed by atoms with Gasteiger partial charge in [-0.05, 0) is 37.0 Å². The number of sulfone groups is 1. The average Bonchev–Trinajstić information content (AvgIpc) is 2.75. The number of hydrazone groups is 1. The topological polar surface area (TPSA) is 102 Å². The number of nitrogens with zero attached hydrogens (tertiary/aromatic N) is 1. The maximum Gasteiger partial charge on any atom is 0.240 e. The highest BCUT2D eigenvalue weighted by molar-refractivity contribution is 7.91. The molecule has 1 aromatic carbocycles. The predicted octanol–water partition coefficient (Wildman–Crippen LogP) is 0.934. The molecule has 0 aromatic heterocycles. The SMILES string of the molecule is C/C(=N/NC(=O)C[C@@H]1CCS(=O)(=O)C1)c1cccc(N)c1. The summed E-state index contributed by atoms with van der Waals surface area (Å²) in [6.07, 6.45) is 0.737. The second-order valence-corrected chi connectivity index (χ2v) is 7.56. The van der Waals surface area contributed by atoms with Gasteiger partial charge in [0.2, 0.25) is 5.91 Å². The van der Waals surface area contributed by atoms with E-state index in [0.29, 0.717) is 17.8 Å². The third kappa shape index (κ3) is 4.56. The molecule has 0 radical (unpaired) electrons. The van der Waals surface area contributed by atoms with E-state index < -0.39 is 9.84 Å². The number of carbonyl (C=O) groups excluding carboxylic acids is 1. The van der Waals surface area contributed by atoms with Gasteiger partial charge in [0.25, 0.3) is 0 Å². The van der Waals surface area contributed by atoms with Gasteiger partial charge >= 0.3 is 0 Å². The van der Waals surface area contributed by atoms with Crippen molar-refractivity contribution < 1.29 is 13.2 Å². The fourth-order valence-corrected chi connectivity index (χ4v) is 4.18. The predicted molar refractivity (Wildman–Crippen MR) is 82.6 cm³/mol. The molecule has 3 N–H and O–H groups in total. The number of nitrogens with one attached hydrogen (secondary N) is 1. The molecule has 6 nitrogen and oxygen atoms in total. The van der Waals surface area contributed by atoms with Crippen molar-refractivity contribution in [3.63, 3.8) is 0 Å². The number of amides is 1. The summed E-state index contributed by atoms with van der Waals surface area (Å²) in [5.74, 6) is -0.0901. The summed E-state index contributed by atoms with van der Waals surface area (Å²) in [5.41, 5.74) is 10.3. The number of rotatable bonds is 4. The van der Waals surface area contributed by atoms with Crippen LogP contribution in [0.25, 0.3) is 0 Å². The average molecular weight is 309 g/mol. The van der Waals surface area contributed by atoms with Crippen molar-refractivity contribution in [3.8, 4) is 0 Å². The highest BCUT2D eigenvalue weighted by atomic mass is 32.2. The molecule has 1 saturated heterocycles. The quantitative estimate of drug-likeness (QED) is 0.491. The van der Waals surface area contributed by atoms with Gasteiger partial charge in [0, 0.05) is 12.1 Å². The Morgan fingerprint density at radius 2 is 2.24 bits per heavy atom. The Hall–Kier alpha value is -1.89. The molecule has 1 aromatic rings. The second-order valence-electron chi connectivity index (χ2n) is 5.33. The van der Waals surface area contributed by atoms with Crippen molar-refractivity contribution >= 4 is 27.1 Å². The van der Waals surface area contributed by atoms with Crippen molar-refractivity contribution in [2.75, 3.05) is 17.2 Å². The van der Waals surface area contributed by atoms with E-state index in [1.807, 2.05) is 12.1 Å². The zero-order valence-electron chi connectivity index (χ0n) is 11.9. The molecule has 1 aliphatic heterocycles. The Kier molecular flexibility index (Phi) is 4.62. The van der Waals surface area contributed by atoms with E-state index in [4.69, 9.17) is 5.73 Å². The number of carbonyl (C=O) groups is 1. The molecule has 1 aliphatic rings. The van der Waals surface area contributed by atoms with Gasteiger partial charge in [-0.25, -0.2) is 13.8 Å². The normalized spacial score (nSPS) is 21.2. The summed E-state index contributed by atoms with van der Waals surface area (Å²) in [5, 5.41) is 4.03. The molecule has 0 saturated carbocycles. The Labute approximate surface area is 124 Å². The first-order chi connectivity index (χ1) is 9.85. The third-order valence-corrected chi connectivity index (χ3v) is 5.29. The number of benzene rings is 1. The van der Waals surface area contributed by atoms with Gasteiger partial charge in [-0.2, -0.15) is 5.10 Å². The van der Waals surface area contributed by atoms with Crippen LogP contribution in [0.15, 0.2) is 29.4 Å². The lowest BCUT2D eigenvalue weighted by Crippen LogP contribution is -2.22. The third-order valence-electron chi connectivity index (χ3n) is 3.45. The summed E-state index contributed by atoms with van der Waals surface area (Å²) >= 11 is 0. The first-order valence-electron chi connectivity index (χ1n) is 6.75. The van der Waals surface area contributed by atoms with Crippen LogP contribution in [0.3, 0.4) is 0 Å². The van der Waals surface area contributed by atoms with Crippen LogP contribution in [0, 0.1) is 5.92 Å². The molecule has 114 valence electrons. The van der Waals surface area contributed by atoms with Crippen LogP contribution in [0.1, 0.15) is 25.3 Å². The highest BCUT2D eigenvalue weighted by Crippen LogP contribution is 2.21. The minimum atomic E-state index is -2.95. The fraction of sp³-hybridized carbons (Fsp3) is 0.429. The molecule has 0 bridgehead atoms. The minimum absolute atomic E-state index is 0.0956. The monoisotopic (exact) mass is 309 g/mol. The van der Waals surface area contributed by atoms with E-state index in [-0.39, 0.29) is 29.8 Å². The van der Waals surface area contributed by atoms with Gasteiger partial charge in [0.05, 0.1) is 17.2 Å². The first kappa shape index (κ1) is 15.5. The molecule has 21 heavy (non-hydrogen) atoms.